The summed E-state index contributed by atoms with van der Waals surface area (Å²) in [5.41, 5.74) is 0.0233. The number of aromatic nitrogens is 4. The minimum atomic E-state index is -0.311. The summed E-state index contributed by atoms with van der Waals surface area (Å²) in [6.07, 6.45) is 1.80. The quantitative estimate of drug-likeness (QED) is 0.710. The first-order valence-electron chi connectivity index (χ1n) is 5.58. The Morgan fingerprint density at radius 3 is 2.76 bits per heavy atom. The number of hydrogen-bond donors (Lipinski definition) is 3. The maximum atomic E-state index is 11.8. The van der Waals surface area contributed by atoms with Crippen LogP contribution in [0.15, 0.2) is 9.59 Å². The van der Waals surface area contributed by atoms with Gasteiger partial charge < -0.3 is 5.32 Å². The lowest BCUT2D eigenvalue weighted by atomic mass is 10.3. The maximum Gasteiger partial charge on any atom is 0.327 e. The van der Waals surface area contributed by atoms with Crippen LogP contribution in [0.3, 0.4) is 0 Å². The van der Waals surface area contributed by atoms with Crippen molar-refractivity contribution in [2.75, 3.05) is 12.4 Å². The Bertz CT molecular complexity index is 636. The molecule has 2 heterocycles. The normalized spacial score (nSPS) is 10.9. The molecule has 0 radical (unpaired) electrons. The molecule has 0 aliphatic carbocycles. The van der Waals surface area contributed by atoms with Crippen molar-refractivity contribution in [3.63, 3.8) is 0 Å². The Kier molecular flexibility index (Phi) is 2.99. The molecule has 0 spiro atoms. The molecule has 0 bridgehead atoms. The first-order chi connectivity index (χ1) is 8.17. The number of unbranched alkanes of at least 4 members (excludes halogenated alkanes) is 1. The van der Waals surface area contributed by atoms with Crippen molar-refractivity contribution in [2.24, 2.45) is 0 Å². The molecule has 0 aliphatic rings. The Hall–Kier alpha value is -2.05. The number of nitrogens with one attached hydrogen (secondary N) is 3. The number of H-pyrrole nitrogens is 2. The third-order valence-electron chi connectivity index (χ3n) is 2.61. The average molecular weight is 237 g/mol. The van der Waals surface area contributed by atoms with Crippen molar-refractivity contribution in [1.82, 2.24) is 19.5 Å². The zero-order valence-corrected chi connectivity index (χ0v) is 9.83. The summed E-state index contributed by atoms with van der Waals surface area (Å²) in [4.78, 5) is 32.8. The fourth-order valence-electron chi connectivity index (χ4n) is 1.72. The van der Waals surface area contributed by atoms with Gasteiger partial charge in [0, 0.05) is 13.6 Å². The van der Waals surface area contributed by atoms with Crippen LogP contribution in [-0.4, -0.2) is 26.6 Å². The topological polar surface area (TPSA) is 95.6 Å². The van der Waals surface area contributed by atoms with Gasteiger partial charge in [0.25, 0.3) is 5.56 Å². The Morgan fingerprint density at radius 2 is 2.12 bits per heavy atom. The molecule has 3 N–H and O–H groups in total. The van der Waals surface area contributed by atoms with E-state index in [0.29, 0.717) is 23.7 Å². The van der Waals surface area contributed by atoms with Crippen LogP contribution in [0.4, 0.5) is 5.95 Å². The van der Waals surface area contributed by atoms with Crippen molar-refractivity contribution in [1.29, 1.82) is 0 Å². The van der Waals surface area contributed by atoms with E-state index in [4.69, 9.17) is 0 Å². The number of hydrogen-bond acceptors (Lipinski definition) is 4. The molecule has 2 aromatic rings. The van der Waals surface area contributed by atoms with Crippen LogP contribution in [0.5, 0.6) is 0 Å². The van der Waals surface area contributed by atoms with Crippen LogP contribution in [0.2, 0.25) is 0 Å². The van der Waals surface area contributed by atoms with Gasteiger partial charge >= 0.3 is 5.69 Å². The van der Waals surface area contributed by atoms with Gasteiger partial charge in [-0.05, 0) is 6.42 Å². The van der Waals surface area contributed by atoms with Crippen LogP contribution in [-0.2, 0) is 6.54 Å². The zero-order chi connectivity index (χ0) is 12.4. The molecule has 17 heavy (non-hydrogen) atoms. The SMILES string of the molecule is CCCCn1c(=O)[nH]c2nc(NC)[nH]c(=O)c21. The molecule has 92 valence electrons. The third kappa shape index (κ3) is 1.95. The van der Waals surface area contributed by atoms with Gasteiger partial charge in [-0.15, -0.1) is 0 Å². The lowest BCUT2D eigenvalue weighted by Gasteiger charge is -2.01. The first-order valence-corrected chi connectivity index (χ1v) is 5.58. The Balaban J connectivity index is 2.65. The lowest BCUT2D eigenvalue weighted by molar-refractivity contribution is 0.628. The number of fused-ring (bicyclic) bond motifs is 1. The molecule has 0 saturated carbocycles. The van der Waals surface area contributed by atoms with Crippen LogP contribution >= 0.6 is 0 Å². The molecule has 0 fully saturated rings. The Labute approximate surface area is 96.9 Å². The van der Waals surface area contributed by atoms with E-state index in [9.17, 15) is 9.59 Å². The van der Waals surface area contributed by atoms with E-state index in [1.165, 1.54) is 4.57 Å². The minimum absolute atomic E-state index is 0.292. The molecular weight excluding hydrogens is 222 g/mol. The number of anilines is 1. The molecule has 0 aliphatic heterocycles. The van der Waals surface area contributed by atoms with Crippen molar-refractivity contribution in [3.8, 4) is 0 Å². The summed E-state index contributed by atoms with van der Waals surface area (Å²) >= 11 is 0. The summed E-state index contributed by atoms with van der Waals surface area (Å²) in [5, 5.41) is 2.73. The largest absolute Gasteiger partial charge is 0.359 e. The molecule has 0 aromatic carbocycles. The summed E-state index contributed by atoms with van der Waals surface area (Å²) in [7, 11) is 1.65. The van der Waals surface area contributed by atoms with E-state index in [0.717, 1.165) is 12.8 Å². The fourth-order valence-corrected chi connectivity index (χ4v) is 1.72. The highest BCUT2D eigenvalue weighted by atomic mass is 16.2. The lowest BCUT2D eigenvalue weighted by Crippen LogP contribution is -2.20. The highest BCUT2D eigenvalue weighted by Crippen LogP contribution is 2.05. The van der Waals surface area contributed by atoms with Gasteiger partial charge in [-0.2, -0.15) is 4.98 Å². The zero-order valence-electron chi connectivity index (χ0n) is 9.83. The smallest absolute Gasteiger partial charge is 0.327 e. The summed E-state index contributed by atoms with van der Waals surface area (Å²) < 4.78 is 1.43. The van der Waals surface area contributed by atoms with E-state index < -0.39 is 0 Å². The third-order valence-corrected chi connectivity index (χ3v) is 2.61. The van der Waals surface area contributed by atoms with E-state index in [1.807, 2.05) is 6.92 Å². The van der Waals surface area contributed by atoms with Gasteiger partial charge in [0.2, 0.25) is 5.95 Å². The maximum absolute atomic E-state index is 11.8. The number of aryl methyl sites for hydroxylation is 1. The van der Waals surface area contributed by atoms with Gasteiger partial charge in [-0.1, -0.05) is 13.3 Å². The molecule has 7 nitrogen and oxygen atoms in total. The van der Waals surface area contributed by atoms with Crippen LogP contribution in [0.25, 0.3) is 11.2 Å². The standard InChI is InChI=1S/C10H15N5O2/c1-3-4-5-15-6-7(13-10(15)17)12-9(11-2)14-8(6)16/h3-5H2,1-2H3,(H3,11,12,13,14,16,17). The van der Waals surface area contributed by atoms with Crippen molar-refractivity contribution >= 4 is 17.1 Å². The minimum Gasteiger partial charge on any atom is -0.359 e. The summed E-state index contributed by atoms with van der Waals surface area (Å²) in [6, 6.07) is 0. The summed E-state index contributed by atoms with van der Waals surface area (Å²) in [6.45, 7) is 2.56. The molecule has 0 amide bonds. The van der Waals surface area contributed by atoms with E-state index in [2.05, 4.69) is 20.3 Å². The molecular formula is C10H15N5O2. The van der Waals surface area contributed by atoms with Gasteiger partial charge in [-0.3, -0.25) is 19.3 Å². The van der Waals surface area contributed by atoms with E-state index in [-0.39, 0.29) is 11.2 Å². The van der Waals surface area contributed by atoms with Gasteiger partial charge in [0.05, 0.1) is 0 Å². The van der Waals surface area contributed by atoms with E-state index in [1.54, 1.807) is 7.05 Å². The second-order valence-electron chi connectivity index (χ2n) is 3.80. The van der Waals surface area contributed by atoms with Crippen molar-refractivity contribution < 1.29 is 0 Å². The molecule has 0 unspecified atom stereocenters. The second kappa shape index (κ2) is 4.44. The van der Waals surface area contributed by atoms with Crippen LogP contribution in [0, 0.1) is 0 Å². The fraction of sp³-hybridized carbons (Fsp3) is 0.500. The summed E-state index contributed by atoms with van der Waals surface area (Å²) in [5.74, 6) is 0.339. The van der Waals surface area contributed by atoms with Gasteiger partial charge in [0.15, 0.2) is 11.2 Å². The van der Waals surface area contributed by atoms with E-state index >= 15 is 0 Å². The first kappa shape index (κ1) is 11.4. The average Bonchev–Trinajstić information content (AvgIpc) is 2.62. The molecule has 0 saturated heterocycles. The van der Waals surface area contributed by atoms with Crippen molar-refractivity contribution in [3.05, 3.63) is 20.8 Å². The predicted molar refractivity (Wildman–Crippen MR) is 65.4 cm³/mol. The molecule has 0 atom stereocenters. The van der Waals surface area contributed by atoms with Gasteiger partial charge in [0.1, 0.15) is 0 Å². The number of nitrogens with zero attached hydrogens (tertiary/aromatic N) is 2. The van der Waals surface area contributed by atoms with Gasteiger partial charge in [-0.25, -0.2) is 4.79 Å². The number of imidazole rings is 1. The van der Waals surface area contributed by atoms with Crippen LogP contribution < -0.4 is 16.6 Å². The highest BCUT2D eigenvalue weighted by Gasteiger charge is 2.12. The second-order valence-corrected chi connectivity index (χ2v) is 3.80. The highest BCUT2D eigenvalue weighted by molar-refractivity contribution is 5.70. The number of rotatable bonds is 4. The van der Waals surface area contributed by atoms with Crippen molar-refractivity contribution in [2.45, 2.75) is 26.3 Å². The van der Waals surface area contributed by atoms with Crippen LogP contribution in [0.1, 0.15) is 19.8 Å². The number of aromatic amines is 2. The monoisotopic (exact) mass is 237 g/mol. The molecule has 2 aromatic heterocycles. The predicted octanol–water partition coefficient (Wildman–Crippen LogP) is 0.255. The Morgan fingerprint density at radius 1 is 1.35 bits per heavy atom. The molecule has 7 heteroatoms. The molecule has 2 rings (SSSR count).